The van der Waals surface area contributed by atoms with Crippen LogP contribution in [0.3, 0.4) is 0 Å². The zero-order chi connectivity index (χ0) is 22.0. The van der Waals surface area contributed by atoms with Crippen LogP contribution in [0.5, 0.6) is 0 Å². The molecule has 3 amide bonds. The number of nitrogens with one attached hydrogen (secondary N) is 2. The van der Waals surface area contributed by atoms with Crippen molar-refractivity contribution < 1.29 is 28.7 Å². The molecule has 0 aliphatic carbocycles. The van der Waals surface area contributed by atoms with Gasteiger partial charge in [-0.1, -0.05) is 6.07 Å². The number of ether oxygens (including phenoxy) is 2. The minimum Gasteiger partial charge on any atom is -0.467 e. The highest BCUT2D eigenvalue weighted by molar-refractivity contribution is 5.90. The van der Waals surface area contributed by atoms with Crippen LogP contribution in [0.4, 0.5) is 4.79 Å². The molecule has 10 heteroatoms. The van der Waals surface area contributed by atoms with Crippen molar-refractivity contribution in [2.75, 3.05) is 7.11 Å². The number of pyridine rings is 1. The lowest BCUT2D eigenvalue weighted by molar-refractivity contribution is -0.145. The molecule has 10 nitrogen and oxygen atoms in total. The molecule has 4 N–H and O–H groups in total. The number of hydrogen-bond acceptors (Lipinski definition) is 7. The van der Waals surface area contributed by atoms with E-state index in [2.05, 4.69) is 20.4 Å². The van der Waals surface area contributed by atoms with Gasteiger partial charge in [-0.3, -0.25) is 14.6 Å². The Morgan fingerprint density at radius 2 is 1.86 bits per heavy atom. The Balaban J connectivity index is 2.95. The van der Waals surface area contributed by atoms with E-state index in [0.717, 1.165) is 7.11 Å². The Labute approximate surface area is 169 Å². The molecule has 0 bridgehead atoms. The van der Waals surface area contributed by atoms with Crippen LogP contribution in [-0.2, 0) is 30.3 Å². The number of nitrogens with two attached hydrogens (primary N) is 1. The van der Waals surface area contributed by atoms with Crippen LogP contribution in [0.2, 0.25) is 0 Å². The van der Waals surface area contributed by atoms with Gasteiger partial charge in [0.05, 0.1) is 7.11 Å². The van der Waals surface area contributed by atoms with Crippen molar-refractivity contribution in [3.05, 3.63) is 30.1 Å². The maximum Gasteiger partial charge on any atom is 0.408 e. The van der Waals surface area contributed by atoms with E-state index in [0.29, 0.717) is 5.56 Å². The molecule has 0 aliphatic rings. The van der Waals surface area contributed by atoms with Gasteiger partial charge in [-0.05, 0) is 38.8 Å². The number of esters is 1. The summed E-state index contributed by atoms with van der Waals surface area (Å²) in [5.74, 6) is -1.98. The summed E-state index contributed by atoms with van der Waals surface area (Å²) in [5.41, 5.74) is 5.05. The predicted molar refractivity (Wildman–Crippen MR) is 103 cm³/mol. The molecule has 160 valence electrons. The molecule has 0 spiro atoms. The number of hydrogen-bond donors (Lipinski definition) is 3. The molecule has 0 radical (unpaired) electrons. The number of methoxy groups -OCH3 is 1. The summed E-state index contributed by atoms with van der Waals surface area (Å²) >= 11 is 0. The van der Waals surface area contributed by atoms with Gasteiger partial charge in [0.2, 0.25) is 11.8 Å². The summed E-state index contributed by atoms with van der Waals surface area (Å²) in [6.45, 7) is 5.08. The van der Waals surface area contributed by atoms with Crippen molar-refractivity contribution in [3.8, 4) is 0 Å². The smallest absolute Gasteiger partial charge is 0.408 e. The highest BCUT2D eigenvalue weighted by atomic mass is 16.6. The molecule has 2 atom stereocenters. The summed E-state index contributed by atoms with van der Waals surface area (Å²) in [6, 6.07) is 1.31. The van der Waals surface area contributed by atoms with Gasteiger partial charge in [-0.15, -0.1) is 0 Å². The van der Waals surface area contributed by atoms with E-state index < -0.39 is 41.6 Å². The number of carbonyl (C=O) groups is 4. The van der Waals surface area contributed by atoms with Crippen molar-refractivity contribution >= 4 is 23.9 Å². The second kappa shape index (κ2) is 11.0. The third kappa shape index (κ3) is 9.54. The first kappa shape index (κ1) is 23.9. The van der Waals surface area contributed by atoms with Gasteiger partial charge in [0.15, 0.2) is 0 Å². The van der Waals surface area contributed by atoms with E-state index in [-0.39, 0.29) is 19.3 Å². The summed E-state index contributed by atoms with van der Waals surface area (Å²) in [6.07, 6.45) is 2.32. The number of carbonyl (C=O) groups excluding carboxylic acids is 4. The third-order valence-corrected chi connectivity index (χ3v) is 3.65. The largest absolute Gasteiger partial charge is 0.467 e. The Morgan fingerprint density at radius 3 is 2.38 bits per heavy atom. The van der Waals surface area contributed by atoms with E-state index >= 15 is 0 Å². The molecule has 0 saturated heterocycles. The van der Waals surface area contributed by atoms with Crippen LogP contribution >= 0.6 is 0 Å². The van der Waals surface area contributed by atoms with Crippen LogP contribution in [-0.4, -0.2) is 53.7 Å². The number of primary amides is 1. The molecule has 0 aromatic carbocycles. The van der Waals surface area contributed by atoms with Gasteiger partial charge in [-0.2, -0.15) is 0 Å². The van der Waals surface area contributed by atoms with Crippen LogP contribution in [0.1, 0.15) is 39.2 Å². The van der Waals surface area contributed by atoms with Gasteiger partial charge in [-0.25, -0.2) is 9.59 Å². The number of nitrogens with zero attached hydrogens (tertiary/aromatic N) is 1. The van der Waals surface area contributed by atoms with Crippen molar-refractivity contribution in [1.29, 1.82) is 0 Å². The molecule has 29 heavy (non-hydrogen) atoms. The molecule has 0 fully saturated rings. The molecule has 0 aliphatic heterocycles. The fourth-order valence-corrected chi connectivity index (χ4v) is 2.36. The zero-order valence-corrected chi connectivity index (χ0v) is 17.1. The highest BCUT2D eigenvalue weighted by Gasteiger charge is 2.29. The standard InChI is InChI=1S/C19H28N4O6/c1-19(2,3)29-18(27)23-14(10-12-6-5-9-21-11-12)16(25)22-13(17(26)28-4)7-8-15(20)24/h5-6,9,11,13-14H,7-8,10H2,1-4H3,(H2,20,24)(H,22,25)(H,23,27)/t13-,14-/m0/s1. The summed E-state index contributed by atoms with van der Waals surface area (Å²) in [4.78, 5) is 51.9. The van der Waals surface area contributed by atoms with Crippen molar-refractivity contribution in [1.82, 2.24) is 15.6 Å². The molecule has 1 aromatic rings. The molecule has 0 unspecified atom stereocenters. The fraction of sp³-hybridized carbons (Fsp3) is 0.526. The Kier molecular flexibility index (Phi) is 9.04. The highest BCUT2D eigenvalue weighted by Crippen LogP contribution is 2.09. The minimum absolute atomic E-state index is 0.0280. The Hall–Kier alpha value is -3.17. The van der Waals surface area contributed by atoms with Gasteiger partial charge in [0.1, 0.15) is 17.7 Å². The first-order valence-electron chi connectivity index (χ1n) is 9.06. The number of rotatable bonds is 9. The van der Waals surface area contributed by atoms with E-state index in [4.69, 9.17) is 10.5 Å². The lowest BCUT2D eigenvalue weighted by Gasteiger charge is -2.24. The SMILES string of the molecule is COC(=O)[C@H](CCC(N)=O)NC(=O)[C@H](Cc1cccnc1)NC(=O)OC(C)(C)C. The summed E-state index contributed by atoms with van der Waals surface area (Å²) in [5, 5.41) is 5.00. The first-order valence-corrected chi connectivity index (χ1v) is 9.06. The van der Waals surface area contributed by atoms with Gasteiger partial charge in [0.25, 0.3) is 0 Å². The van der Waals surface area contributed by atoms with Crippen molar-refractivity contribution in [2.24, 2.45) is 5.73 Å². The lowest BCUT2D eigenvalue weighted by atomic mass is 10.1. The molecular formula is C19H28N4O6. The predicted octanol–water partition coefficient (Wildman–Crippen LogP) is 0.441. The van der Waals surface area contributed by atoms with E-state index in [1.807, 2.05) is 0 Å². The van der Waals surface area contributed by atoms with E-state index in [1.54, 1.807) is 45.3 Å². The first-order chi connectivity index (χ1) is 13.5. The molecule has 1 heterocycles. The minimum atomic E-state index is -1.09. The molecule has 1 aromatic heterocycles. The van der Waals surface area contributed by atoms with Crippen molar-refractivity contribution in [2.45, 2.75) is 57.7 Å². The third-order valence-electron chi connectivity index (χ3n) is 3.65. The van der Waals surface area contributed by atoms with Gasteiger partial charge < -0.3 is 25.8 Å². The summed E-state index contributed by atoms with van der Waals surface area (Å²) < 4.78 is 9.87. The summed E-state index contributed by atoms with van der Waals surface area (Å²) in [7, 11) is 1.16. The normalized spacial score (nSPS) is 13.0. The van der Waals surface area contributed by atoms with Gasteiger partial charge >= 0.3 is 12.1 Å². The average Bonchev–Trinajstić information content (AvgIpc) is 2.62. The maximum absolute atomic E-state index is 12.8. The lowest BCUT2D eigenvalue weighted by Crippen LogP contribution is -2.53. The van der Waals surface area contributed by atoms with Crippen LogP contribution < -0.4 is 16.4 Å². The number of amides is 3. The molecule has 0 saturated carbocycles. The molecule has 1 rings (SSSR count). The van der Waals surface area contributed by atoms with Crippen LogP contribution in [0, 0.1) is 0 Å². The topological polar surface area (TPSA) is 150 Å². The van der Waals surface area contributed by atoms with Crippen LogP contribution in [0.25, 0.3) is 0 Å². The quantitative estimate of drug-likeness (QED) is 0.502. The van der Waals surface area contributed by atoms with E-state index in [9.17, 15) is 19.2 Å². The fourth-order valence-electron chi connectivity index (χ4n) is 2.36. The van der Waals surface area contributed by atoms with Crippen molar-refractivity contribution in [3.63, 3.8) is 0 Å². The van der Waals surface area contributed by atoms with E-state index in [1.165, 1.54) is 0 Å². The molecular weight excluding hydrogens is 380 g/mol. The average molecular weight is 408 g/mol. The number of alkyl carbamates (subject to hydrolysis) is 1. The van der Waals surface area contributed by atoms with Gasteiger partial charge in [0, 0.05) is 25.2 Å². The Bertz CT molecular complexity index is 717. The second-order valence-electron chi connectivity index (χ2n) is 7.35. The monoisotopic (exact) mass is 408 g/mol. The van der Waals surface area contributed by atoms with Crippen LogP contribution in [0.15, 0.2) is 24.5 Å². The Morgan fingerprint density at radius 1 is 1.17 bits per heavy atom. The second-order valence-corrected chi connectivity index (χ2v) is 7.35. The zero-order valence-electron chi connectivity index (χ0n) is 17.1. The number of aromatic nitrogens is 1. The maximum atomic E-state index is 12.8.